The molecule has 1 aromatic carbocycles. The molecule has 0 bridgehead atoms. The molecule has 76 valence electrons. The lowest BCUT2D eigenvalue weighted by Gasteiger charge is -2.04. The zero-order valence-electron chi connectivity index (χ0n) is 8.68. The number of nitrogens with one attached hydrogen (secondary N) is 1. The van der Waals surface area contributed by atoms with Gasteiger partial charge in [-0.1, -0.05) is 19.1 Å². The van der Waals surface area contributed by atoms with Crippen LogP contribution in [0.2, 0.25) is 0 Å². The van der Waals surface area contributed by atoms with Crippen LogP contribution < -0.4 is 5.32 Å². The van der Waals surface area contributed by atoms with Crippen LogP contribution in [0.1, 0.15) is 24.5 Å². The summed E-state index contributed by atoms with van der Waals surface area (Å²) in [6.07, 6.45) is 1.26. The number of hydrogen-bond donors (Lipinski definition) is 1. The highest BCUT2D eigenvalue weighted by atomic mass is 19.1. The number of rotatable bonds is 3. The molecule has 1 aliphatic rings. The molecule has 2 rings (SSSR count). The summed E-state index contributed by atoms with van der Waals surface area (Å²) in [4.78, 5) is 0. The molecule has 1 N–H and O–H groups in total. The van der Waals surface area contributed by atoms with Crippen molar-refractivity contribution in [2.45, 2.75) is 32.9 Å². The fourth-order valence-corrected chi connectivity index (χ4v) is 1.60. The number of hydrogen-bond acceptors (Lipinski definition) is 1. The Hall–Kier alpha value is -0.890. The van der Waals surface area contributed by atoms with E-state index in [2.05, 4.69) is 12.2 Å². The van der Waals surface area contributed by atoms with Gasteiger partial charge in [0.1, 0.15) is 5.82 Å². The minimum atomic E-state index is -0.104. The Morgan fingerprint density at radius 3 is 2.79 bits per heavy atom. The first-order valence-electron chi connectivity index (χ1n) is 5.15. The minimum Gasteiger partial charge on any atom is -0.310 e. The van der Waals surface area contributed by atoms with E-state index < -0.39 is 0 Å². The van der Waals surface area contributed by atoms with Crippen molar-refractivity contribution in [2.24, 2.45) is 5.92 Å². The second kappa shape index (κ2) is 3.70. The van der Waals surface area contributed by atoms with Crippen LogP contribution in [0.5, 0.6) is 0 Å². The van der Waals surface area contributed by atoms with Gasteiger partial charge in [-0.2, -0.15) is 0 Å². The van der Waals surface area contributed by atoms with Crippen LogP contribution in [0.4, 0.5) is 4.39 Å². The lowest BCUT2D eigenvalue weighted by molar-refractivity contribution is 0.608. The largest absolute Gasteiger partial charge is 0.310 e. The molecule has 1 aromatic rings. The molecule has 0 aliphatic heterocycles. The Bertz CT molecular complexity index is 335. The van der Waals surface area contributed by atoms with Crippen molar-refractivity contribution in [1.82, 2.24) is 5.32 Å². The number of aryl methyl sites for hydroxylation is 1. The smallest absolute Gasteiger partial charge is 0.126 e. The van der Waals surface area contributed by atoms with Gasteiger partial charge in [0.05, 0.1) is 0 Å². The molecule has 2 atom stereocenters. The van der Waals surface area contributed by atoms with Gasteiger partial charge in [-0.25, -0.2) is 4.39 Å². The Morgan fingerprint density at radius 1 is 1.50 bits per heavy atom. The average Bonchev–Trinajstić information content (AvgIpc) is 2.85. The lowest BCUT2D eigenvalue weighted by Crippen LogP contribution is -2.17. The summed E-state index contributed by atoms with van der Waals surface area (Å²) >= 11 is 0. The number of benzene rings is 1. The molecular weight excluding hydrogens is 177 g/mol. The van der Waals surface area contributed by atoms with Gasteiger partial charge in [0, 0.05) is 12.6 Å². The third kappa shape index (κ3) is 2.13. The van der Waals surface area contributed by atoms with Gasteiger partial charge in [-0.05, 0) is 36.5 Å². The van der Waals surface area contributed by atoms with Crippen molar-refractivity contribution >= 4 is 0 Å². The van der Waals surface area contributed by atoms with E-state index in [0.29, 0.717) is 11.6 Å². The third-order valence-corrected chi connectivity index (χ3v) is 2.91. The Labute approximate surface area is 84.3 Å². The van der Waals surface area contributed by atoms with Crippen LogP contribution >= 0.6 is 0 Å². The van der Waals surface area contributed by atoms with E-state index in [1.807, 2.05) is 12.1 Å². The molecule has 0 saturated heterocycles. The second-order valence-corrected chi connectivity index (χ2v) is 4.28. The summed E-state index contributed by atoms with van der Waals surface area (Å²) in [6.45, 7) is 4.80. The van der Waals surface area contributed by atoms with Crippen LogP contribution in [-0.2, 0) is 6.54 Å². The van der Waals surface area contributed by atoms with Gasteiger partial charge >= 0.3 is 0 Å². The van der Waals surface area contributed by atoms with E-state index in [0.717, 1.165) is 18.0 Å². The predicted molar refractivity (Wildman–Crippen MR) is 55.5 cm³/mol. The monoisotopic (exact) mass is 193 g/mol. The number of halogens is 1. The summed E-state index contributed by atoms with van der Waals surface area (Å²) in [5.41, 5.74) is 1.75. The van der Waals surface area contributed by atoms with E-state index in [4.69, 9.17) is 0 Å². The van der Waals surface area contributed by atoms with Gasteiger partial charge in [0.25, 0.3) is 0 Å². The quantitative estimate of drug-likeness (QED) is 0.778. The lowest BCUT2D eigenvalue weighted by atomic mass is 10.1. The van der Waals surface area contributed by atoms with E-state index in [-0.39, 0.29) is 5.82 Å². The van der Waals surface area contributed by atoms with Gasteiger partial charge in [-0.15, -0.1) is 0 Å². The van der Waals surface area contributed by atoms with E-state index >= 15 is 0 Å². The zero-order chi connectivity index (χ0) is 10.1. The second-order valence-electron chi connectivity index (χ2n) is 4.28. The third-order valence-electron chi connectivity index (χ3n) is 2.91. The summed E-state index contributed by atoms with van der Waals surface area (Å²) in [5.74, 6) is 0.693. The molecule has 0 amide bonds. The van der Waals surface area contributed by atoms with E-state index in [1.54, 1.807) is 13.0 Å². The zero-order valence-corrected chi connectivity index (χ0v) is 8.68. The van der Waals surface area contributed by atoms with Gasteiger partial charge in [0.15, 0.2) is 0 Å². The summed E-state index contributed by atoms with van der Waals surface area (Å²) in [6, 6.07) is 6.09. The van der Waals surface area contributed by atoms with Crippen LogP contribution in [0.15, 0.2) is 18.2 Å². The molecule has 14 heavy (non-hydrogen) atoms. The van der Waals surface area contributed by atoms with Crippen LogP contribution in [0.3, 0.4) is 0 Å². The van der Waals surface area contributed by atoms with Gasteiger partial charge < -0.3 is 5.32 Å². The summed E-state index contributed by atoms with van der Waals surface area (Å²) < 4.78 is 13.2. The molecule has 0 heterocycles. The van der Waals surface area contributed by atoms with Crippen molar-refractivity contribution < 1.29 is 4.39 Å². The Morgan fingerprint density at radius 2 is 2.21 bits per heavy atom. The Balaban J connectivity index is 1.92. The van der Waals surface area contributed by atoms with Crippen LogP contribution in [0.25, 0.3) is 0 Å². The maximum Gasteiger partial charge on any atom is 0.126 e. The highest BCUT2D eigenvalue weighted by Crippen LogP contribution is 2.29. The molecule has 0 spiro atoms. The first-order chi connectivity index (χ1) is 6.66. The molecule has 0 aromatic heterocycles. The molecule has 0 radical (unpaired) electrons. The maximum atomic E-state index is 13.2. The van der Waals surface area contributed by atoms with E-state index in [1.165, 1.54) is 6.42 Å². The van der Waals surface area contributed by atoms with Crippen LogP contribution in [-0.4, -0.2) is 6.04 Å². The first kappa shape index (κ1) is 9.66. The molecule has 1 nitrogen and oxygen atoms in total. The minimum absolute atomic E-state index is 0.104. The predicted octanol–water partition coefficient (Wildman–Crippen LogP) is 2.63. The van der Waals surface area contributed by atoms with Gasteiger partial charge in [-0.3, -0.25) is 0 Å². The maximum absolute atomic E-state index is 13.2. The summed E-state index contributed by atoms with van der Waals surface area (Å²) in [5, 5.41) is 3.40. The van der Waals surface area contributed by atoms with Crippen molar-refractivity contribution in [2.75, 3.05) is 0 Å². The van der Waals surface area contributed by atoms with Gasteiger partial charge in [0.2, 0.25) is 0 Å². The highest BCUT2D eigenvalue weighted by molar-refractivity contribution is 5.23. The fraction of sp³-hybridized carbons (Fsp3) is 0.500. The molecule has 2 unspecified atom stereocenters. The molecule has 1 saturated carbocycles. The van der Waals surface area contributed by atoms with Crippen molar-refractivity contribution in [3.8, 4) is 0 Å². The van der Waals surface area contributed by atoms with Crippen molar-refractivity contribution in [1.29, 1.82) is 0 Å². The molecule has 1 fully saturated rings. The van der Waals surface area contributed by atoms with E-state index in [9.17, 15) is 4.39 Å². The van der Waals surface area contributed by atoms with Crippen molar-refractivity contribution in [3.05, 3.63) is 35.1 Å². The fourth-order valence-electron chi connectivity index (χ4n) is 1.60. The normalized spacial score (nSPS) is 25.1. The standard InChI is InChI=1S/C12H16FN/c1-8-3-4-10(6-11(8)13)7-14-12-5-9(12)2/h3-4,6,9,12,14H,5,7H2,1-2H3. The first-order valence-corrected chi connectivity index (χ1v) is 5.15. The van der Waals surface area contributed by atoms with Crippen molar-refractivity contribution in [3.63, 3.8) is 0 Å². The molecule has 2 heteroatoms. The SMILES string of the molecule is Cc1ccc(CNC2CC2C)cc1F. The molecule has 1 aliphatic carbocycles. The average molecular weight is 193 g/mol. The highest BCUT2D eigenvalue weighted by Gasteiger charge is 2.31. The van der Waals surface area contributed by atoms with Crippen LogP contribution in [0, 0.1) is 18.7 Å². The Kier molecular flexibility index (Phi) is 2.55. The summed E-state index contributed by atoms with van der Waals surface area (Å²) in [7, 11) is 0. The topological polar surface area (TPSA) is 12.0 Å². The molecular formula is C12H16FN.